The predicted molar refractivity (Wildman–Crippen MR) is 125 cm³/mol. The molecule has 0 aliphatic heterocycles. The van der Waals surface area contributed by atoms with E-state index in [0.29, 0.717) is 29.2 Å². The van der Waals surface area contributed by atoms with Crippen LogP contribution in [0.2, 0.25) is 0 Å². The number of hydrogen-bond donors (Lipinski definition) is 0. The Morgan fingerprint density at radius 1 is 0.939 bits per heavy atom. The van der Waals surface area contributed by atoms with E-state index in [2.05, 4.69) is 6.92 Å². The van der Waals surface area contributed by atoms with Gasteiger partial charge in [0, 0.05) is 17.7 Å². The third-order valence-corrected chi connectivity index (χ3v) is 4.69. The zero-order chi connectivity index (χ0) is 23.6. The van der Waals surface area contributed by atoms with Gasteiger partial charge in [-0.2, -0.15) is 0 Å². The predicted octanol–water partition coefficient (Wildman–Crippen LogP) is 5.89. The third-order valence-electron chi connectivity index (χ3n) is 4.69. The monoisotopic (exact) mass is 445 g/mol. The number of nitrogens with zero attached hydrogens (tertiary/aromatic N) is 1. The number of ketones is 1. The van der Waals surface area contributed by atoms with Gasteiger partial charge >= 0.3 is 5.97 Å². The molecule has 0 heterocycles. The molecule has 0 saturated heterocycles. The van der Waals surface area contributed by atoms with Crippen LogP contribution in [0.5, 0.6) is 11.5 Å². The summed E-state index contributed by atoms with van der Waals surface area (Å²) in [7, 11) is 0. The Kier molecular flexibility index (Phi) is 8.07. The summed E-state index contributed by atoms with van der Waals surface area (Å²) in [6.07, 6.45) is 4.88. The van der Waals surface area contributed by atoms with Crippen LogP contribution >= 0.6 is 0 Å². The van der Waals surface area contributed by atoms with Gasteiger partial charge in [-0.05, 0) is 54.5 Å². The number of rotatable bonds is 10. The molecule has 0 amide bonds. The van der Waals surface area contributed by atoms with E-state index in [1.807, 2.05) is 0 Å². The molecule has 0 atom stereocenters. The molecule has 0 aliphatic rings. The Balaban J connectivity index is 1.63. The second kappa shape index (κ2) is 11.4. The fraction of sp³-hybridized carbons (Fsp3) is 0.154. The summed E-state index contributed by atoms with van der Waals surface area (Å²) in [5.41, 5.74) is 1.09. The van der Waals surface area contributed by atoms with Crippen molar-refractivity contribution in [2.24, 2.45) is 0 Å². The van der Waals surface area contributed by atoms with Crippen molar-refractivity contribution in [3.8, 4) is 11.5 Å². The van der Waals surface area contributed by atoms with Crippen LogP contribution in [-0.2, 0) is 0 Å². The maximum Gasteiger partial charge on any atom is 0.343 e. The van der Waals surface area contributed by atoms with Gasteiger partial charge in [0.1, 0.15) is 11.5 Å². The molecule has 0 fully saturated rings. The standard InChI is InChI=1S/C26H23NO6/c1-2-3-16-32-23-13-11-20(12-14-23)26(29)33-24-9-4-6-19(17-24)10-15-25(28)21-7-5-8-22(18-21)27(30)31/h4-15,17-18H,2-3,16H2,1H3/b15-10+. The first-order valence-electron chi connectivity index (χ1n) is 10.5. The SMILES string of the molecule is CCCCOc1ccc(C(=O)Oc2cccc(/C=C/C(=O)c3cccc([N+](=O)[O-])c3)c2)cc1. The summed E-state index contributed by atoms with van der Waals surface area (Å²) in [6.45, 7) is 2.71. The quantitative estimate of drug-likeness (QED) is 0.0734. The molecule has 0 bridgehead atoms. The zero-order valence-corrected chi connectivity index (χ0v) is 18.1. The average molecular weight is 445 g/mol. The number of hydrogen-bond acceptors (Lipinski definition) is 6. The number of allylic oxidation sites excluding steroid dienone is 1. The fourth-order valence-corrected chi connectivity index (χ4v) is 2.91. The number of carbonyl (C=O) groups excluding carboxylic acids is 2. The van der Waals surface area contributed by atoms with Crippen LogP contribution in [0.15, 0.2) is 78.9 Å². The van der Waals surface area contributed by atoms with Crippen molar-refractivity contribution in [3.63, 3.8) is 0 Å². The Bertz CT molecular complexity index is 1170. The summed E-state index contributed by atoms with van der Waals surface area (Å²) in [5.74, 6) is 0.139. The third kappa shape index (κ3) is 6.87. The molecule has 0 radical (unpaired) electrons. The van der Waals surface area contributed by atoms with E-state index in [1.54, 1.807) is 54.6 Å². The van der Waals surface area contributed by atoms with Gasteiger partial charge in [-0.3, -0.25) is 14.9 Å². The zero-order valence-electron chi connectivity index (χ0n) is 18.1. The topological polar surface area (TPSA) is 95.7 Å². The molecule has 3 rings (SSSR count). The molecule has 7 nitrogen and oxygen atoms in total. The Morgan fingerprint density at radius 2 is 1.70 bits per heavy atom. The molecule has 3 aromatic rings. The van der Waals surface area contributed by atoms with E-state index in [9.17, 15) is 19.7 Å². The molecular formula is C26H23NO6. The molecular weight excluding hydrogens is 422 g/mol. The number of nitro benzene ring substituents is 1. The van der Waals surface area contributed by atoms with E-state index < -0.39 is 10.9 Å². The number of carbonyl (C=O) groups is 2. The highest BCUT2D eigenvalue weighted by Gasteiger charge is 2.11. The van der Waals surface area contributed by atoms with Crippen LogP contribution < -0.4 is 9.47 Å². The molecule has 0 saturated carbocycles. The number of esters is 1. The smallest absolute Gasteiger partial charge is 0.343 e. The number of non-ortho nitro benzene ring substituents is 1. The minimum absolute atomic E-state index is 0.149. The molecule has 33 heavy (non-hydrogen) atoms. The maximum absolute atomic E-state index is 12.4. The first-order chi connectivity index (χ1) is 16.0. The summed E-state index contributed by atoms with van der Waals surface area (Å²) >= 11 is 0. The van der Waals surface area contributed by atoms with Gasteiger partial charge in [-0.1, -0.05) is 43.7 Å². The average Bonchev–Trinajstić information content (AvgIpc) is 2.83. The lowest BCUT2D eigenvalue weighted by Crippen LogP contribution is -2.08. The van der Waals surface area contributed by atoms with Gasteiger partial charge in [0.15, 0.2) is 5.78 Å². The Hall–Kier alpha value is -4.26. The van der Waals surface area contributed by atoms with Crippen LogP contribution in [0.4, 0.5) is 5.69 Å². The lowest BCUT2D eigenvalue weighted by molar-refractivity contribution is -0.384. The lowest BCUT2D eigenvalue weighted by Gasteiger charge is -2.07. The normalized spacial score (nSPS) is 10.7. The summed E-state index contributed by atoms with van der Waals surface area (Å²) in [6, 6.07) is 19.0. The first-order valence-corrected chi connectivity index (χ1v) is 10.5. The highest BCUT2D eigenvalue weighted by atomic mass is 16.6. The minimum atomic E-state index is -0.550. The van der Waals surface area contributed by atoms with E-state index >= 15 is 0 Å². The van der Waals surface area contributed by atoms with Crippen molar-refractivity contribution in [2.75, 3.05) is 6.61 Å². The highest BCUT2D eigenvalue weighted by molar-refractivity contribution is 6.07. The van der Waals surface area contributed by atoms with Gasteiger partial charge in [0.2, 0.25) is 0 Å². The first kappa shape index (κ1) is 23.4. The van der Waals surface area contributed by atoms with Crippen LogP contribution in [0.25, 0.3) is 6.08 Å². The van der Waals surface area contributed by atoms with Gasteiger partial charge in [-0.15, -0.1) is 0 Å². The molecule has 3 aromatic carbocycles. The van der Waals surface area contributed by atoms with Crippen LogP contribution in [-0.4, -0.2) is 23.3 Å². The maximum atomic E-state index is 12.4. The van der Waals surface area contributed by atoms with E-state index in [0.717, 1.165) is 12.8 Å². The summed E-state index contributed by atoms with van der Waals surface area (Å²) < 4.78 is 11.0. The summed E-state index contributed by atoms with van der Waals surface area (Å²) in [4.78, 5) is 35.1. The second-order valence-corrected chi connectivity index (χ2v) is 7.19. The molecule has 0 unspecified atom stereocenters. The van der Waals surface area contributed by atoms with E-state index in [-0.39, 0.29) is 17.0 Å². The van der Waals surface area contributed by atoms with Crippen molar-refractivity contribution in [1.29, 1.82) is 0 Å². The molecule has 0 spiro atoms. The van der Waals surface area contributed by atoms with Gasteiger partial charge in [0.25, 0.3) is 5.69 Å². The molecule has 0 aliphatic carbocycles. The number of benzene rings is 3. The lowest BCUT2D eigenvalue weighted by atomic mass is 10.1. The molecule has 7 heteroatoms. The molecule has 0 N–H and O–H groups in total. The molecule has 0 aromatic heterocycles. The highest BCUT2D eigenvalue weighted by Crippen LogP contribution is 2.19. The Labute approximate surface area is 191 Å². The number of unbranched alkanes of at least 4 members (excludes halogenated alkanes) is 1. The summed E-state index contributed by atoms with van der Waals surface area (Å²) in [5, 5.41) is 10.9. The second-order valence-electron chi connectivity index (χ2n) is 7.19. The fourth-order valence-electron chi connectivity index (χ4n) is 2.91. The van der Waals surface area contributed by atoms with Gasteiger partial charge in [0.05, 0.1) is 17.1 Å². The van der Waals surface area contributed by atoms with Gasteiger partial charge < -0.3 is 9.47 Å². The van der Waals surface area contributed by atoms with Gasteiger partial charge in [-0.25, -0.2) is 4.79 Å². The van der Waals surface area contributed by atoms with Crippen LogP contribution in [0, 0.1) is 10.1 Å². The number of nitro groups is 1. The van der Waals surface area contributed by atoms with Crippen molar-refractivity contribution in [3.05, 3.63) is 106 Å². The molecule has 168 valence electrons. The Morgan fingerprint density at radius 3 is 2.42 bits per heavy atom. The van der Waals surface area contributed by atoms with Crippen molar-refractivity contribution >= 4 is 23.5 Å². The van der Waals surface area contributed by atoms with Crippen molar-refractivity contribution < 1.29 is 24.0 Å². The minimum Gasteiger partial charge on any atom is -0.494 e. The van der Waals surface area contributed by atoms with E-state index in [1.165, 1.54) is 30.3 Å². The van der Waals surface area contributed by atoms with Crippen molar-refractivity contribution in [2.45, 2.75) is 19.8 Å². The van der Waals surface area contributed by atoms with Crippen LogP contribution in [0.1, 0.15) is 46.0 Å². The van der Waals surface area contributed by atoms with Crippen molar-refractivity contribution in [1.82, 2.24) is 0 Å². The largest absolute Gasteiger partial charge is 0.494 e. The van der Waals surface area contributed by atoms with E-state index in [4.69, 9.17) is 9.47 Å². The number of ether oxygens (including phenoxy) is 2. The van der Waals surface area contributed by atoms with Crippen LogP contribution in [0.3, 0.4) is 0 Å².